The highest BCUT2D eigenvalue weighted by Gasteiger charge is 2.48. The van der Waals surface area contributed by atoms with Crippen LogP contribution in [0.2, 0.25) is 0 Å². The number of nitrogens with zero attached hydrogens (tertiary/aromatic N) is 2. The molecular formula is C22H26N2O4. The van der Waals surface area contributed by atoms with E-state index < -0.39 is 5.60 Å². The molecular weight excluding hydrogens is 356 g/mol. The van der Waals surface area contributed by atoms with Crippen molar-refractivity contribution in [2.24, 2.45) is 11.8 Å². The number of ketones is 1. The van der Waals surface area contributed by atoms with Crippen molar-refractivity contribution in [3.05, 3.63) is 53.9 Å². The van der Waals surface area contributed by atoms with E-state index in [0.717, 1.165) is 37.2 Å². The molecule has 2 N–H and O–H groups in total. The van der Waals surface area contributed by atoms with Crippen LogP contribution < -0.4 is 4.74 Å². The van der Waals surface area contributed by atoms with Crippen LogP contribution >= 0.6 is 0 Å². The lowest BCUT2D eigenvalue weighted by atomic mass is 9.91. The molecule has 148 valence electrons. The first-order valence-electron chi connectivity index (χ1n) is 9.70. The summed E-state index contributed by atoms with van der Waals surface area (Å²) in [6.45, 7) is 2.00. The first kappa shape index (κ1) is 18.9. The lowest BCUT2D eigenvalue weighted by molar-refractivity contribution is 0.0355. The molecule has 0 spiro atoms. The molecule has 0 unspecified atom stereocenters. The lowest BCUT2D eigenvalue weighted by Crippen LogP contribution is -2.34. The molecule has 2 fully saturated rings. The predicted octanol–water partition coefficient (Wildman–Crippen LogP) is 2.29. The summed E-state index contributed by atoms with van der Waals surface area (Å²) in [4.78, 5) is 18.6. The maximum atomic E-state index is 12.4. The molecule has 0 amide bonds. The number of benzene rings is 1. The maximum absolute atomic E-state index is 12.4. The van der Waals surface area contributed by atoms with Gasteiger partial charge in [0.15, 0.2) is 5.78 Å². The van der Waals surface area contributed by atoms with E-state index in [2.05, 4.69) is 9.88 Å². The number of fused-ring (bicyclic) bond motifs is 1. The fraction of sp³-hybridized carbons (Fsp3) is 0.455. The summed E-state index contributed by atoms with van der Waals surface area (Å²) in [6, 6.07) is 10.9. The number of carbonyl (C=O) groups excluding carboxylic acids is 1. The van der Waals surface area contributed by atoms with Gasteiger partial charge in [-0.25, -0.2) is 4.98 Å². The van der Waals surface area contributed by atoms with Gasteiger partial charge in [0.2, 0.25) is 0 Å². The molecule has 0 bridgehead atoms. The van der Waals surface area contributed by atoms with Gasteiger partial charge in [0.1, 0.15) is 17.2 Å². The number of hydrogen-bond acceptors (Lipinski definition) is 6. The fourth-order valence-electron chi connectivity index (χ4n) is 4.79. The molecule has 2 aromatic rings. The summed E-state index contributed by atoms with van der Waals surface area (Å²) < 4.78 is 5.19. The molecule has 4 rings (SSSR count). The van der Waals surface area contributed by atoms with Gasteiger partial charge in [-0.2, -0.15) is 0 Å². The molecule has 1 aliphatic carbocycles. The van der Waals surface area contributed by atoms with Gasteiger partial charge >= 0.3 is 0 Å². The number of pyridine rings is 1. The van der Waals surface area contributed by atoms with E-state index in [1.165, 1.54) is 12.3 Å². The average molecular weight is 382 g/mol. The zero-order valence-electron chi connectivity index (χ0n) is 16.0. The van der Waals surface area contributed by atoms with E-state index in [1.54, 1.807) is 13.2 Å². The number of ether oxygens (including phenoxy) is 1. The van der Waals surface area contributed by atoms with Gasteiger partial charge in [0.05, 0.1) is 25.5 Å². The van der Waals surface area contributed by atoms with E-state index in [-0.39, 0.29) is 11.5 Å². The third-order valence-corrected chi connectivity index (χ3v) is 6.03. The molecule has 2 aliphatic rings. The summed E-state index contributed by atoms with van der Waals surface area (Å²) in [7, 11) is 1.65. The molecule has 28 heavy (non-hydrogen) atoms. The Hall–Kier alpha value is -2.44. The zero-order valence-corrected chi connectivity index (χ0v) is 16.0. The highest BCUT2D eigenvalue weighted by Crippen LogP contribution is 2.45. The second-order valence-electron chi connectivity index (χ2n) is 8.20. The second kappa shape index (κ2) is 7.53. The highest BCUT2D eigenvalue weighted by molar-refractivity contribution is 5.95. The van der Waals surface area contributed by atoms with Crippen LogP contribution in [0.1, 0.15) is 28.9 Å². The molecule has 1 saturated carbocycles. The summed E-state index contributed by atoms with van der Waals surface area (Å²) in [6.07, 6.45) is 3.49. The number of likely N-dealkylation sites (tertiary alicyclic amines) is 1. The molecule has 2 heterocycles. The number of aromatic nitrogens is 1. The lowest BCUT2D eigenvalue weighted by Gasteiger charge is -2.26. The van der Waals surface area contributed by atoms with E-state index in [1.807, 2.05) is 24.3 Å². The Morgan fingerprint density at radius 1 is 1.18 bits per heavy atom. The highest BCUT2D eigenvalue weighted by atomic mass is 16.5. The van der Waals surface area contributed by atoms with Crippen LogP contribution in [0.15, 0.2) is 42.6 Å². The van der Waals surface area contributed by atoms with Crippen LogP contribution in [0.25, 0.3) is 0 Å². The quantitative estimate of drug-likeness (QED) is 0.746. The van der Waals surface area contributed by atoms with Crippen LogP contribution in [0.4, 0.5) is 0 Å². The van der Waals surface area contributed by atoms with Gasteiger partial charge in [-0.1, -0.05) is 12.1 Å². The zero-order chi connectivity index (χ0) is 19.7. The van der Waals surface area contributed by atoms with E-state index in [0.29, 0.717) is 30.5 Å². The maximum Gasteiger partial charge on any atom is 0.195 e. The Labute approximate surface area is 164 Å². The van der Waals surface area contributed by atoms with Crippen LogP contribution in [0.3, 0.4) is 0 Å². The first-order chi connectivity index (χ1) is 13.4. The molecule has 1 aromatic heterocycles. The third-order valence-electron chi connectivity index (χ3n) is 6.03. The van der Waals surface area contributed by atoms with Crippen molar-refractivity contribution in [2.75, 3.05) is 26.7 Å². The first-order valence-corrected chi connectivity index (χ1v) is 9.70. The van der Waals surface area contributed by atoms with Crippen LogP contribution in [0.5, 0.6) is 11.5 Å². The molecule has 6 nitrogen and oxygen atoms in total. The van der Waals surface area contributed by atoms with Crippen molar-refractivity contribution in [3.63, 3.8) is 0 Å². The van der Waals surface area contributed by atoms with E-state index in [4.69, 9.17) is 4.74 Å². The minimum absolute atomic E-state index is 0.0338. The Kier molecular flexibility index (Phi) is 5.08. The number of rotatable bonds is 6. The smallest absolute Gasteiger partial charge is 0.195 e. The number of aromatic hydroxyl groups is 1. The Bertz CT molecular complexity index is 821. The number of carbonyl (C=O) groups is 1. The van der Waals surface area contributed by atoms with Gasteiger partial charge in [0, 0.05) is 19.5 Å². The van der Waals surface area contributed by atoms with E-state index >= 15 is 0 Å². The normalized spacial score (nSPS) is 26.9. The van der Waals surface area contributed by atoms with Gasteiger partial charge < -0.3 is 14.9 Å². The van der Waals surface area contributed by atoms with Crippen molar-refractivity contribution in [2.45, 2.75) is 24.9 Å². The molecule has 1 aromatic carbocycles. The SMILES string of the molecule is COc1ccc(C[C@@]2(O)C[C@H]3CN(CC(=O)c4ccc(O)cn4)C[C@H]3C2)cc1. The molecule has 3 atom stereocenters. The third kappa shape index (κ3) is 4.03. The van der Waals surface area contributed by atoms with Gasteiger partial charge in [0.25, 0.3) is 0 Å². The summed E-state index contributed by atoms with van der Waals surface area (Å²) in [5.41, 5.74) is 0.831. The van der Waals surface area contributed by atoms with Crippen molar-refractivity contribution in [1.29, 1.82) is 0 Å². The second-order valence-corrected chi connectivity index (χ2v) is 8.20. The summed E-state index contributed by atoms with van der Waals surface area (Å²) in [5.74, 6) is 1.69. The topological polar surface area (TPSA) is 82.9 Å². The standard InChI is InChI=1S/C22H26N2O4/c1-28-19-5-2-15(3-6-19)8-22(27)9-16-12-24(13-17(16)10-22)14-21(26)20-7-4-18(25)11-23-20/h2-7,11,16-17,25,27H,8-10,12-14H2,1H3/t16-,17+,22+. The largest absolute Gasteiger partial charge is 0.506 e. The fourth-order valence-corrected chi connectivity index (χ4v) is 4.79. The summed E-state index contributed by atoms with van der Waals surface area (Å²) >= 11 is 0. The van der Waals surface area contributed by atoms with Crippen molar-refractivity contribution >= 4 is 5.78 Å². The van der Waals surface area contributed by atoms with Crippen molar-refractivity contribution in [3.8, 4) is 11.5 Å². The molecule has 1 saturated heterocycles. The van der Waals surface area contributed by atoms with Gasteiger partial charge in [-0.15, -0.1) is 0 Å². The van der Waals surface area contributed by atoms with Crippen LogP contribution in [-0.2, 0) is 6.42 Å². The van der Waals surface area contributed by atoms with E-state index in [9.17, 15) is 15.0 Å². The van der Waals surface area contributed by atoms with Crippen LogP contribution in [-0.4, -0.2) is 58.2 Å². The van der Waals surface area contributed by atoms with Crippen molar-refractivity contribution in [1.82, 2.24) is 9.88 Å². The monoisotopic (exact) mass is 382 g/mol. The number of aliphatic hydroxyl groups is 1. The molecule has 6 heteroatoms. The van der Waals surface area contributed by atoms with Gasteiger partial charge in [-0.05, 0) is 54.5 Å². The average Bonchev–Trinajstić information content (AvgIpc) is 3.16. The number of methoxy groups -OCH3 is 1. The van der Waals surface area contributed by atoms with Crippen molar-refractivity contribution < 1.29 is 19.7 Å². The minimum atomic E-state index is -0.668. The number of hydrogen-bond donors (Lipinski definition) is 2. The Morgan fingerprint density at radius 2 is 1.86 bits per heavy atom. The van der Waals surface area contributed by atoms with Gasteiger partial charge in [-0.3, -0.25) is 9.69 Å². The summed E-state index contributed by atoms with van der Waals surface area (Å²) in [5, 5.41) is 20.4. The molecule has 1 aliphatic heterocycles. The number of Topliss-reactive ketones (excluding diaryl/α,β-unsaturated/α-hetero) is 1. The van der Waals surface area contributed by atoms with Crippen LogP contribution in [0, 0.1) is 11.8 Å². The Balaban J connectivity index is 1.32. The Morgan fingerprint density at radius 3 is 2.43 bits per heavy atom. The minimum Gasteiger partial charge on any atom is -0.506 e. The predicted molar refractivity (Wildman–Crippen MR) is 105 cm³/mol. The molecule has 0 radical (unpaired) electrons.